The molecule has 1 amide bonds. The van der Waals surface area contributed by atoms with Crippen molar-refractivity contribution in [3.63, 3.8) is 0 Å². The van der Waals surface area contributed by atoms with Crippen molar-refractivity contribution in [2.45, 2.75) is 0 Å². The predicted octanol–water partition coefficient (Wildman–Crippen LogP) is 1.35. The molecule has 16 heavy (non-hydrogen) atoms. The van der Waals surface area contributed by atoms with Gasteiger partial charge in [-0.2, -0.15) is 0 Å². The highest BCUT2D eigenvalue weighted by molar-refractivity contribution is 5.94. The Labute approximate surface area is 93.7 Å². The van der Waals surface area contributed by atoms with Gasteiger partial charge in [-0.3, -0.25) is 9.80 Å². The first-order chi connectivity index (χ1) is 7.54. The molecule has 2 N–H and O–H groups in total. The monoisotopic (exact) mass is 222 g/mol. The average molecular weight is 222 g/mol. The number of nitrogens with zero attached hydrogens (tertiary/aromatic N) is 3. The Morgan fingerprint density at radius 1 is 1.44 bits per heavy atom. The maximum Gasteiger partial charge on any atom is 0.248 e. The second kappa shape index (κ2) is 5.11. The quantitative estimate of drug-likeness (QED) is 0.616. The van der Waals surface area contributed by atoms with Crippen molar-refractivity contribution in [3.05, 3.63) is 23.8 Å². The molecule has 1 aromatic rings. The van der Waals surface area contributed by atoms with Gasteiger partial charge < -0.3 is 10.5 Å². The molecule has 0 bridgehead atoms. The van der Waals surface area contributed by atoms with E-state index >= 15 is 0 Å². The van der Waals surface area contributed by atoms with Crippen LogP contribution in [0.25, 0.3) is 0 Å². The van der Waals surface area contributed by atoms with Gasteiger partial charge in [-0.1, -0.05) is 5.22 Å². The third-order valence-corrected chi connectivity index (χ3v) is 1.79. The van der Waals surface area contributed by atoms with Crippen LogP contribution >= 0.6 is 0 Å². The molecule has 0 aromatic heterocycles. The van der Waals surface area contributed by atoms with Crippen LogP contribution in [0.5, 0.6) is 5.75 Å². The number of hydrogen-bond acceptors (Lipinski definition) is 4. The van der Waals surface area contributed by atoms with Crippen LogP contribution in [0.2, 0.25) is 0 Å². The van der Waals surface area contributed by atoms with E-state index in [1.54, 1.807) is 26.2 Å². The van der Waals surface area contributed by atoms with E-state index in [0.29, 0.717) is 17.0 Å². The van der Waals surface area contributed by atoms with Gasteiger partial charge in [-0.05, 0) is 18.2 Å². The van der Waals surface area contributed by atoms with Crippen molar-refractivity contribution < 1.29 is 9.53 Å². The topological polar surface area (TPSA) is 80.3 Å². The molecule has 86 valence electrons. The fourth-order valence-electron chi connectivity index (χ4n) is 1.06. The third-order valence-electron chi connectivity index (χ3n) is 1.79. The molecule has 0 unspecified atom stereocenters. The summed E-state index contributed by atoms with van der Waals surface area (Å²) in [6.07, 6.45) is 0. The summed E-state index contributed by atoms with van der Waals surface area (Å²) < 4.78 is 5.09. The second-order valence-electron chi connectivity index (χ2n) is 3.29. The molecule has 0 aliphatic carbocycles. The van der Waals surface area contributed by atoms with E-state index in [1.165, 1.54) is 18.2 Å². The number of hydrogen-bond donors (Lipinski definition) is 1. The molecule has 0 spiro atoms. The Kier molecular flexibility index (Phi) is 3.82. The predicted molar refractivity (Wildman–Crippen MR) is 59.7 cm³/mol. The number of amides is 1. The van der Waals surface area contributed by atoms with Gasteiger partial charge in [0, 0.05) is 19.7 Å². The molecule has 0 heterocycles. The minimum atomic E-state index is -0.510. The van der Waals surface area contributed by atoms with Gasteiger partial charge in [-0.25, -0.2) is 0 Å². The van der Waals surface area contributed by atoms with E-state index in [-0.39, 0.29) is 0 Å². The molecule has 6 nitrogen and oxygen atoms in total. The smallest absolute Gasteiger partial charge is 0.248 e. The van der Waals surface area contributed by atoms with Crippen LogP contribution in [0.4, 0.5) is 5.69 Å². The SMILES string of the molecule is COc1ccc(C(N)=O)cc1N=NN(C)C. The summed E-state index contributed by atoms with van der Waals surface area (Å²) >= 11 is 0. The number of rotatable bonds is 4. The number of carbonyl (C=O) groups excluding carboxylic acids is 1. The Hall–Kier alpha value is -2.11. The standard InChI is InChI=1S/C10H14N4O2/c1-14(2)13-12-8-6-7(10(11)15)4-5-9(8)16-3/h4-6H,1-3H3,(H2,11,15). The first-order valence-electron chi connectivity index (χ1n) is 4.61. The number of primary amides is 1. The number of nitrogens with two attached hydrogens (primary N) is 1. The van der Waals surface area contributed by atoms with Gasteiger partial charge in [-0.15, -0.1) is 5.11 Å². The highest BCUT2D eigenvalue weighted by atomic mass is 16.5. The first-order valence-corrected chi connectivity index (χ1v) is 4.61. The maximum atomic E-state index is 11.0. The zero-order valence-electron chi connectivity index (χ0n) is 9.47. The number of ether oxygens (including phenoxy) is 1. The highest BCUT2D eigenvalue weighted by Gasteiger charge is 2.07. The van der Waals surface area contributed by atoms with Crippen molar-refractivity contribution in [3.8, 4) is 5.75 Å². The summed E-state index contributed by atoms with van der Waals surface area (Å²) in [6.45, 7) is 0. The maximum absolute atomic E-state index is 11.0. The number of methoxy groups -OCH3 is 1. The molecule has 0 saturated carbocycles. The minimum absolute atomic E-state index is 0.369. The average Bonchev–Trinajstić information content (AvgIpc) is 2.25. The van der Waals surface area contributed by atoms with Crippen LogP contribution in [0.15, 0.2) is 28.5 Å². The molecule has 0 fully saturated rings. The minimum Gasteiger partial charge on any atom is -0.494 e. The second-order valence-corrected chi connectivity index (χ2v) is 3.29. The van der Waals surface area contributed by atoms with Crippen LogP contribution in [0, 0.1) is 0 Å². The lowest BCUT2D eigenvalue weighted by atomic mass is 10.2. The number of benzene rings is 1. The van der Waals surface area contributed by atoms with Gasteiger partial charge in [0.25, 0.3) is 0 Å². The molecule has 6 heteroatoms. The molecule has 1 aromatic carbocycles. The van der Waals surface area contributed by atoms with E-state index in [4.69, 9.17) is 10.5 Å². The van der Waals surface area contributed by atoms with E-state index in [2.05, 4.69) is 10.3 Å². The van der Waals surface area contributed by atoms with Crippen molar-refractivity contribution in [2.24, 2.45) is 16.1 Å². The zero-order chi connectivity index (χ0) is 12.1. The van der Waals surface area contributed by atoms with Crippen molar-refractivity contribution in [2.75, 3.05) is 21.2 Å². The Morgan fingerprint density at radius 3 is 2.62 bits per heavy atom. The lowest BCUT2D eigenvalue weighted by Crippen LogP contribution is -2.10. The molecule has 0 saturated heterocycles. The van der Waals surface area contributed by atoms with Crippen LogP contribution in [-0.2, 0) is 0 Å². The Morgan fingerprint density at radius 2 is 2.12 bits per heavy atom. The van der Waals surface area contributed by atoms with Gasteiger partial charge in [0.2, 0.25) is 5.91 Å². The van der Waals surface area contributed by atoms with Crippen molar-refractivity contribution in [1.29, 1.82) is 0 Å². The molecule has 0 aliphatic rings. The van der Waals surface area contributed by atoms with Gasteiger partial charge in [0.15, 0.2) is 0 Å². The van der Waals surface area contributed by atoms with Crippen LogP contribution in [0.3, 0.4) is 0 Å². The first kappa shape index (κ1) is 12.0. The third kappa shape index (κ3) is 2.94. The van der Waals surface area contributed by atoms with Gasteiger partial charge >= 0.3 is 0 Å². The summed E-state index contributed by atoms with van der Waals surface area (Å²) in [4.78, 5) is 11.0. The molecular formula is C10H14N4O2. The van der Waals surface area contributed by atoms with Crippen LogP contribution in [0.1, 0.15) is 10.4 Å². The fourth-order valence-corrected chi connectivity index (χ4v) is 1.06. The van der Waals surface area contributed by atoms with Crippen LogP contribution in [-0.4, -0.2) is 32.1 Å². The molecule has 0 aliphatic heterocycles. The largest absolute Gasteiger partial charge is 0.494 e. The van der Waals surface area contributed by atoms with E-state index in [9.17, 15) is 4.79 Å². The summed E-state index contributed by atoms with van der Waals surface area (Å²) in [7, 11) is 5.01. The Balaban J connectivity index is 3.12. The fraction of sp³-hybridized carbons (Fsp3) is 0.300. The zero-order valence-corrected chi connectivity index (χ0v) is 9.47. The Bertz CT molecular complexity index is 415. The highest BCUT2D eigenvalue weighted by Crippen LogP contribution is 2.28. The molecular weight excluding hydrogens is 208 g/mol. The summed E-state index contributed by atoms with van der Waals surface area (Å²) in [5.41, 5.74) is 6.00. The normalized spacial score (nSPS) is 10.4. The van der Waals surface area contributed by atoms with Gasteiger partial charge in [0.1, 0.15) is 11.4 Å². The lowest BCUT2D eigenvalue weighted by Gasteiger charge is -2.06. The molecule has 0 radical (unpaired) electrons. The van der Waals surface area contributed by atoms with E-state index < -0.39 is 5.91 Å². The van der Waals surface area contributed by atoms with Crippen molar-refractivity contribution in [1.82, 2.24) is 5.01 Å². The summed E-state index contributed by atoms with van der Waals surface area (Å²) in [5.74, 6) is 0.0274. The molecule has 1 rings (SSSR count). The van der Waals surface area contributed by atoms with Gasteiger partial charge in [0.05, 0.1) is 7.11 Å². The number of carbonyl (C=O) groups is 1. The van der Waals surface area contributed by atoms with Crippen LogP contribution < -0.4 is 10.5 Å². The van der Waals surface area contributed by atoms with E-state index in [0.717, 1.165) is 0 Å². The lowest BCUT2D eigenvalue weighted by molar-refractivity contribution is 0.100. The summed E-state index contributed by atoms with van der Waals surface area (Å²) in [5, 5.41) is 9.31. The molecule has 0 atom stereocenters. The van der Waals surface area contributed by atoms with Crippen molar-refractivity contribution >= 4 is 11.6 Å². The summed E-state index contributed by atoms with van der Waals surface area (Å²) in [6, 6.07) is 4.74. The van der Waals surface area contributed by atoms with E-state index in [1.807, 2.05) is 0 Å².